The molecule has 8 heteroatoms. The van der Waals surface area contributed by atoms with E-state index in [9.17, 15) is 30.3 Å². The summed E-state index contributed by atoms with van der Waals surface area (Å²) in [6, 6.07) is 0. The Balaban J connectivity index is 2.08. The van der Waals surface area contributed by atoms with E-state index in [0.29, 0.717) is 29.7 Å². The lowest BCUT2D eigenvalue weighted by Gasteiger charge is -2.40. The maximum atomic E-state index is 13.0. The van der Waals surface area contributed by atoms with E-state index in [1.807, 2.05) is 27.7 Å². The van der Waals surface area contributed by atoms with Crippen LogP contribution in [0.5, 0.6) is 5.75 Å². The third-order valence-electron chi connectivity index (χ3n) is 6.10. The highest BCUT2D eigenvalue weighted by Crippen LogP contribution is 2.46. The van der Waals surface area contributed by atoms with E-state index in [4.69, 9.17) is 9.47 Å². The van der Waals surface area contributed by atoms with Crippen LogP contribution in [0.4, 0.5) is 0 Å². The van der Waals surface area contributed by atoms with Gasteiger partial charge in [0.15, 0.2) is 5.78 Å². The minimum Gasteiger partial charge on any atom is -0.461 e. The topological polar surface area (TPSA) is 137 Å². The Morgan fingerprint density at radius 1 is 1.07 bits per heavy atom. The van der Waals surface area contributed by atoms with E-state index in [1.165, 1.54) is 0 Å². The molecule has 0 spiro atoms. The van der Waals surface area contributed by atoms with Gasteiger partial charge in [-0.2, -0.15) is 0 Å². The first-order valence-electron chi connectivity index (χ1n) is 9.82. The number of hydrogen-bond acceptors (Lipinski definition) is 8. The van der Waals surface area contributed by atoms with Crippen LogP contribution < -0.4 is 4.74 Å². The fourth-order valence-electron chi connectivity index (χ4n) is 4.40. The van der Waals surface area contributed by atoms with Gasteiger partial charge >= 0.3 is 0 Å². The van der Waals surface area contributed by atoms with Crippen LogP contribution in [0.3, 0.4) is 0 Å². The van der Waals surface area contributed by atoms with E-state index >= 15 is 0 Å². The Morgan fingerprint density at radius 2 is 1.72 bits per heavy atom. The maximum absolute atomic E-state index is 13.0. The van der Waals surface area contributed by atoms with Crippen LogP contribution in [0, 0.1) is 19.3 Å². The highest BCUT2D eigenvalue weighted by Gasteiger charge is 2.47. The van der Waals surface area contributed by atoms with Crippen molar-refractivity contribution in [3.63, 3.8) is 0 Å². The first kappa shape index (κ1) is 22.1. The van der Waals surface area contributed by atoms with Crippen LogP contribution >= 0.6 is 0 Å². The summed E-state index contributed by atoms with van der Waals surface area (Å²) in [5.41, 5.74) is 2.96. The van der Waals surface area contributed by atoms with E-state index in [1.54, 1.807) is 0 Å². The van der Waals surface area contributed by atoms with Crippen molar-refractivity contribution < 1.29 is 39.8 Å². The second-order valence-electron chi connectivity index (χ2n) is 8.59. The van der Waals surface area contributed by atoms with Crippen molar-refractivity contribution >= 4 is 5.78 Å². The highest BCUT2D eigenvalue weighted by atomic mass is 16.7. The van der Waals surface area contributed by atoms with Gasteiger partial charge in [-0.1, -0.05) is 13.8 Å². The van der Waals surface area contributed by atoms with Gasteiger partial charge < -0.3 is 35.0 Å². The summed E-state index contributed by atoms with van der Waals surface area (Å²) in [5, 5.41) is 49.3. The van der Waals surface area contributed by atoms with Crippen LogP contribution in [-0.4, -0.2) is 75.2 Å². The molecule has 0 bridgehead atoms. The molecular weight excluding hydrogens is 380 g/mol. The zero-order chi connectivity index (χ0) is 21.7. The van der Waals surface area contributed by atoms with Gasteiger partial charge in [0.1, 0.15) is 30.2 Å². The Hall–Kier alpha value is -1.55. The zero-order valence-electron chi connectivity index (χ0n) is 17.2. The van der Waals surface area contributed by atoms with Crippen molar-refractivity contribution in [1.82, 2.24) is 0 Å². The van der Waals surface area contributed by atoms with E-state index in [0.717, 1.165) is 16.7 Å². The van der Waals surface area contributed by atoms with Crippen molar-refractivity contribution in [2.45, 2.75) is 71.2 Å². The Labute approximate surface area is 169 Å². The van der Waals surface area contributed by atoms with Crippen molar-refractivity contribution in [3.05, 3.63) is 27.8 Å². The van der Waals surface area contributed by atoms with Crippen LogP contribution in [0.2, 0.25) is 0 Å². The molecule has 1 aliphatic carbocycles. The van der Waals surface area contributed by atoms with Crippen molar-refractivity contribution in [1.29, 1.82) is 0 Å². The highest BCUT2D eigenvalue weighted by molar-refractivity contribution is 6.06. The minimum atomic E-state index is -1.56. The van der Waals surface area contributed by atoms with Crippen LogP contribution in [-0.2, 0) is 17.6 Å². The molecule has 1 aromatic rings. The molecular formula is C21H30O8. The predicted octanol–water partition coefficient (Wildman–Crippen LogP) is -0.218. The van der Waals surface area contributed by atoms with Gasteiger partial charge in [0.25, 0.3) is 0 Å². The Kier molecular flexibility index (Phi) is 6.06. The number of rotatable bonds is 5. The quantitative estimate of drug-likeness (QED) is 0.450. The smallest absolute Gasteiger partial charge is 0.229 e. The predicted molar refractivity (Wildman–Crippen MR) is 103 cm³/mol. The number of Topliss-reactive ketones (excluding diaryl/α,β-unsaturated/α-hetero) is 1. The van der Waals surface area contributed by atoms with E-state index < -0.39 is 42.7 Å². The molecule has 1 fully saturated rings. The molecule has 1 aromatic carbocycles. The fourth-order valence-corrected chi connectivity index (χ4v) is 4.40. The second-order valence-corrected chi connectivity index (χ2v) is 8.59. The molecule has 2 aliphatic rings. The lowest BCUT2D eigenvalue weighted by atomic mass is 9.88. The van der Waals surface area contributed by atoms with Gasteiger partial charge in [-0.25, -0.2) is 0 Å². The minimum absolute atomic E-state index is 0.0113. The van der Waals surface area contributed by atoms with Crippen LogP contribution in [0.25, 0.3) is 0 Å². The van der Waals surface area contributed by atoms with Gasteiger partial charge in [-0.15, -0.1) is 0 Å². The van der Waals surface area contributed by atoms with Gasteiger partial charge in [0, 0.05) is 23.1 Å². The molecule has 0 radical (unpaired) electrons. The Bertz CT molecular complexity index is 801. The lowest BCUT2D eigenvalue weighted by molar-refractivity contribution is -0.277. The lowest BCUT2D eigenvalue weighted by Crippen LogP contribution is -2.60. The molecule has 0 unspecified atom stereocenters. The van der Waals surface area contributed by atoms with Gasteiger partial charge in [-0.3, -0.25) is 4.79 Å². The van der Waals surface area contributed by atoms with E-state index in [-0.39, 0.29) is 12.4 Å². The number of fused-ring (bicyclic) bond motifs is 1. The molecule has 0 aromatic heterocycles. The normalized spacial score (nSPS) is 31.1. The van der Waals surface area contributed by atoms with Gasteiger partial charge in [-0.05, 0) is 43.4 Å². The summed E-state index contributed by atoms with van der Waals surface area (Å²) in [5.74, 6) is 0.361. The number of aliphatic hydroxyl groups is 5. The first-order valence-corrected chi connectivity index (χ1v) is 9.82. The molecule has 8 nitrogen and oxygen atoms in total. The Morgan fingerprint density at radius 3 is 2.31 bits per heavy atom. The number of carbonyl (C=O) groups is 1. The molecule has 1 saturated heterocycles. The number of ether oxygens (including phenoxy) is 2. The van der Waals surface area contributed by atoms with Crippen LogP contribution in [0.1, 0.15) is 46.5 Å². The standard InChI is InChI=1S/C21H30O8/c1-9-11(5-6-22)10(2)18(12-7-21(3,4)19(27)14(9)12)29-20-17(26)16(25)15(24)13(8-23)28-20/h13,15-17,20,22-26H,5-8H2,1-4H3/t13-,15-,16+,17-,20-/m1/s1. The van der Waals surface area contributed by atoms with Gasteiger partial charge in [0.2, 0.25) is 6.29 Å². The van der Waals surface area contributed by atoms with Crippen LogP contribution in [0.15, 0.2) is 0 Å². The number of carbonyl (C=O) groups excluding carboxylic acids is 1. The summed E-state index contributed by atoms with van der Waals surface area (Å²) in [7, 11) is 0. The molecule has 29 heavy (non-hydrogen) atoms. The average Bonchev–Trinajstić information content (AvgIpc) is 2.91. The fraction of sp³-hybridized carbons (Fsp3) is 0.667. The molecule has 0 saturated carbocycles. The molecule has 1 aliphatic heterocycles. The molecule has 5 atom stereocenters. The maximum Gasteiger partial charge on any atom is 0.229 e. The summed E-state index contributed by atoms with van der Waals surface area (Å²) in [6.07, 6.45) is -6.23. The largest absolute Gasteiger partial charge is 0.461 e. The number of hydrogen-bond donors (Lipinski definition) is 5. The van der Waals surface area contributed by atoms with Crippen molar-refractivity contribution in [2.24, 2.45) is 5.41 Å². The second kappa shape index (κ2) is 7.94. The van der Waals surface area contributed by atoms with Crippen molar-refractivity contribution in [3.8, 4) is 5.75 Å². The number of benzene rings is 1. The summed E-state index contributed by atoms with van der Waals surface area (Å²) in [6.45, 7) is 6.72. The monoisotopic (exact) mass is 410 g/mol. The molecule has 0 amide bonds. The third-order valence-corrected chi connectivity index (χ3v) is 6.10. The van der Waals surface area contributed by atoms with Gasteiger partial charge in [0.05, 0.1) is 6.61 Å². The summed E-state index contributed by atoms with van der Waals surface area (Å²) >= 11 is 0. The average molecular weight is 410 g/mol. The number of ketones is 1. The molecule has 162 valence electrons. The SMILES string of the molecule is Cc1c(CCO)c(C)c2c(c1O[C@H]1O[C@H](CO)[C@@H](O)[C@H](O)[C@H]1O)CC(C)(C)C2=O. The van der Waals surface area contributed by atoms with Crippen molar-refractivity contribution in [2.75, 3.05) is 13.2 Å². The number of aliphatic hydroxyl groups excluding tert-OH is 5. The summed E-state index contributed by atoms with van der Waals surface area (Å²) in [4.78, 5) is 13.0. The summed E-state index contributed by atoms with van der Waals surface area (Å²) < 4.78 is 11.5. The molecule has 5 N–H and O–H groups in total. The zero-order valence-corrected chi connectivity index (χ0v) is 17.2. The molecule has 3 rings (SSSR count). The third kappa shape index (κ3) is 3.58. The van der Waals surface area contributed by atoms with E-state index in [2.05, 4.69) is 0 Å². The molecule has 1 heterocycles. The first-order chi connectivity index (χ1) is 13.5.